The molecular weight excluding hydrogens is 282 g/mol. The standard InChI is InChI=1S/C12H16BrN3O/c1-14-6-7-16-8-11(15-12(16)17)9-4-2-3-5-10(9)13/h2-5,11,14H,6-8H2,1H3,(H,15,17). The molecule has 4 nitrogen and oxygen atoms in total. The molecule has 2 amide bonds. The van der Waals surface area contributed by atoms with Gasteiger partial charge >= 0.3 is 6.03 Å². The zero-order valence-electron chi connectivity index (χ0n) is 9.74. The highest BCUT2D eigenvalue weighted by Gasteiger charge is 2.29. The maximum Gasteiger partial charge on any atom is 0.318 e. The largest absolute Gasteiger partial charge is 0.329 e. The summed E-state index contributed by atoms with van der Waals surface area (Å²) in [6.07, 6.45) is 0. The minimum Gasteiger partial charge on any atom is -0.329 e. The van der Waals surface area contributed by atoms with Crippen molar-refractivity contribution in [2.75, 3.05) is 26.7 Å². The third kappa shape index (κ3) is 2.79. The molecular formula is C12H16BrN3O. The summed E-state index contributed by atoms with van der Waals surface area (Å²) in [5.41, 5.74) is 1.13. The normalized spacial score (nSPS) is 19.5. The number of amides is 2. The first-order chi connectivity index (χ1) is 8.22. The second-order valence-corrected chi connectivity index (χ2v) is 4.93. The molecule has 1 aliphatic heterocycles. The number of hydrogen-bond donors (Lipinski definition) is 2. The van der Waals surface area contributed by atoms with Gasteiger partial charge in [-0.3, -0.25) is 0 Å². The van der Waals surface area contributed by atoms with Crippen LogP contribution in [0.4, 0.5) is 4.79 Å². The van der Waals surface area contributed by atoms with Crippen molar-refractivity contribution in [2.45, 2.75) is 6.04 Å². The maximum absolute atomic E-state index is 11.7. The molecule has 1 aliphatic rings. The zero-order valence-corrected chi connectivity index (χ0v) is 11.3. The third-order valence-corrected chi connectivity index (χ3v) is 3.62. The highest BCUT2D eigenvalue weighted by Crippen LogP contribution is 2.26. The van der Waals surface area contributed by atoms with Gasteiger partial charge in [-0.2, -0.15) is 0 Å². The van der Waals surface area contributed by atoms with E-state index in [0.29, 0.717) is 0 Å². The van der Waals surface area contributed by atoms with Crippen molar-refractivity contribution in [2.24, 2.45) is 0 Å². The van der Waals surface area contributed by atoms with Gasteiger partial charge in [0.05, 0.1) is 6.04 Å². The second-order valence-electron chi connectivity index (χ2n) is 4.07. The number of carbonyl (C=O) groups is 1. The van der Waals surface area contributed by atoms with Crippen molar-refractivity contribution in [3.63, 3.8) is 0 Å². The molecule has 0 spiro atoms. The predicted octanol–water partition coefficient (Wildman–Crippen LogP) is 1.73. The summed E-state index contributed by atoms with van der Waals surface area (Å²) >= 11 is 3.52. The van der Waals surface area contributed by atoms with Crippen LogP contribution in [0.5, 0.6) is 0 Å². The summed E-state index contributed by atoms with van der Waals surface area (Å²) in [5.74, 6) is 0. The van der Waals surface area contributed by atoms with Gasteiger partial charge in [-0.05, 0) is 18.7 Å². The van der Waals surface area contributed by atoms with Crippen LogP contribution in [0.3, 0.4) is 0 Å². The van der Waals surface area contributed by atoms with Gasteiger partial charge in [-0.15, -0.1) is 0 Å². The van der Waals surface area contributed by atoms with E-state index < -0.39 is 0 Å². The number of hydrogen-bond acceptors (Lipinski definition) is 2. The fraction of sp³-hybridized carbons (Fsp3) is 0.417. The molecule has 1 atom stereocenters. The highest BCUT2D eigenvalue weighted by atomic mass is 79.9. The van der Waals surface area contributed by atoms with Gasteiger partial charge in [-0.1, -0.05) is 34.1 Å². The van der Waals surface area contributed by atoms with Crippen LogP contribution < -0.4 is 10.6 Å². The minimum absolute atomic E-state index is 0.0148. The van der Waals surface area contributed by atoms with E-state index in [1.807, 2.05) is 36.2 Å². The monoisotopic (exact) mass is 297 g/mol. The summed E-state index contributed by atoms with van der Waals surface area (Å²) in [4.78, 5) is 13.6. The predicted molar refractivity (Wildman–Crippen MR) is 70.9 cm³/mol. The van der Waals surface area contributed by atoms with E-state index in [2.05, 4.69) is 26.6 Å². The van der Waals surface area contributed by atoms with Gasteiger partial charge < -0.3 is 15.5 Å². The Bertz CT molecular complexity index is 410. The summed E-state index contributed by atoms with van der Waals surface area (Å²) in [7, 11) is 1.89. The topological polar surface area (TPSA) is 44.4 Å². The Morgan fingerprint density at radius 1 is 1.53 bits per heavy atom. The molecule has 0 saturated carbocycles. The van der Waals surface area contributed by atoms with E-state index in [9.17, 15) is 4.79 Å². The average molecular weight is 298 g/mol. The SMILES string of the molecule is CNCCN1CC(c2ccccc2Br)NC1=O. The van der Waals surface area contributed by atoms with Crippen LogP contribution in [0.25, 0.3) is 0 Å². The molecule has 1 aromatic carbocycles. The van der Waals surface area contributed by atoms with Crippen LogP contribution in [0.15, 0.2) is 28.7 Å². The maximum atomic E-state index is 11.7. The Morgan fingerprint density at radius 3 is 3.00 bits per heavy atom. The van der Waals surface area contributed by atoms with E-state index in [0.717, 1.165) is 29.7 Å². The summed E-state index contributed by atoms with van der Waals surface area (Å²) in [5, 5.41) is 6.05. The molecule has 1 heterocycles. The average Bonchev–Trinajstić information content (AvgIpc) is 2.68. The van der Waals surface area contributed by atoms with Crippen molar-refractivity contribution >= 4 is 22.0 Å². The van der Waals surface area contributed by atoms with Crippen LogP contribution in [-0.2, 0) is 0 Å². The number of likely N-dealkylation sites (N-methyl/N-ethyl adjacent to an activating group) is 1. The van der Waals surface area contributed by atoms with Gasteiger partial charge in [0.2, 0.25) is 0 Å². The minimum atomic E-state index is 0.0148. The quantitative estimate of drug-likeness (QED) is 0.889. The zero-order chi connectivity index (χ0) is 12.3. The van der Waals surface area contributed by atoms with E-state index in [1.165, 1.54) is 0 Å². The number of nitrogens with one attached hydrogen (secondary N) is 2. The van der Waals surface area contributed by atoms with Gasteiger partial charge in [-0.25, -0.2) is 4.79 Å². The van der Waals surface area contributed by atoms with Crippen LogP contribution in [0.1, 0.15) is 11.6 Å². The number of rotatable bonds is 4. The summed E-state index contributed by atoms with van der Waals surface area (Å²) < 4.78 is 1.04. The molecule has 0 bridgehead atoms. The Kier molecular flexibility index (Phi) is 4.02. The lowest BCUT2D eigenvalue weighted by atomic mass is 10.1. The number of nitrogens with zero attached hydrogens (tertiary/aromatic N) is 1. The van der Waals surface area contributed by atoms with Crippen molar-refractivity contribution in [1.82, 2.24) is 15.5 Å². The first-order valence-electron chi connectivity index (χ1n) is 5.67. The lowest BCUT2D eigenvalue weighted by molar-refractivity contribution is 0.218. The smallest absolute Gasteiger partial charge is 0.318 e. The van der Waals surface area contributed by atoms with E-state index in [4.69, 9.17) is 0 Å². The van der Waals surface area contributed by atoms with Crippen LogP contribution in [0.2, 0.25) is 0 Å². The number of halogens is 1. The molecule has 92 valence electrons. The molecule has 1 aromatic rings. The molecule has 2 N–H and O–H groups in total. The van der Waals surface area contributed by atoms with Crippen molar-refractivity contribution < 1.29 is 4.79 Å². The van der Waals surface area contributed by atoms with Crippen LogP contribution in [0, 0.1) is 0 Å². The number of carbonyl (C=O) groups excluding carboxylic acids is 1. The lowest BCUT2D eigenvalue weighted by Gasteiger charge is -2.14. The second kappa shape index (κ2) is 5.51. The number of urea groups is 1. The van der Waals surface area contributed by atoms with Crippen LogP contribution in [-0.4, -0.2) is 37.6 Å². The summed E-state index contributed by atoms with van der Waals surface area (Å²) in [6.45, 7) is 2.28. The van der Waals surface area contributed by atoms with Gasteiger partial charge in [0.1, 0.15) is 0 Å². The molecule has 1 fully saturated rings. The summed E-state index contributed by atoms with van der Waals surface area (Å²) in [6, 6.07) is 8.09. The molecule has 5 heteroatoms. The Labute approximate surface area is 110 Å². The Morgan fingerprint density at radius 2 is 2.29 bits per heavy atom. The first-order valence-corrected chi connectivity index (χ1v) is 6.46. The molecule has 0 aromatic heterocycles. The van der Waals surface area contributed by atoms with E-state index in [1.54, 1.807) is 0 Å². The highest BCUT2D eigenvalue weighted by molar-refractivity contribution is 9.10. The molecule has 17 heavy (non-hydrogen) atoms. The van der Waals surface area contributed by atoms with E-state index in [-0.39, 0.29) is 12.1 Å². The van der Waals surface area contributed by atoms with Gasteiger partial charge in [0.15, 0.2) is 0 Å². The fourth-order valence-corrected chi connectivity index (χ4v) is 2.52. The van der Waals surface area contributed by atoms with Crippen molar-refractivity contribution in [3.05, 3.63) is 34.3 Å². The Balaban J connectivity index is 2.06. The lowest BCUT2D eigenvalue weighted by Crippen LogP contribution is -2.33. The van der Waals surface area contributed by atoms with Crippen molar-refractivity contribution in [3.8, 4) is 0 Å². The number of benzene rings is 1. The van der Waals surface area contributed by atoms with Gasteiger partial charge in [0, 0.05) is 24.1 Å². The van der Waals surface area contributed by atoms with Gasteiger partial charge in [0.25, 0.3) is 0 Å². The fourth-order valence-electron chi connectivity index (χ4n) is 1.96. The molecule has 0 radical (unpaired) electrons. The van der Waals surface area contributed by atoms with E-state index >= 15 is 0 Å². The first kappa shape index (κ1) is 12.4. The molecule has 1 saturated heterocycles. The molecule has 2 rings (SSSR count). The van der Waals surface area contributed by atoms with Crippen molar-refractivity contribution in [1.29, 1.82) is 0 Å². The van der Waals surface area contributed by atoms with Crippen LogP contribution >= 0.6 is 15.9 Å². The Hall–Kier alpha value is -1.07. The third-order valence-electron chi connectivity index (χ3n) is 2.90. The molecule has 0 aliphatic carbocycles. The molecule has 1 unspecified atom stereocenters.